The van der Waals surface area contributed by atoms with Gasteiger partial charge in [0, 0.05) is 12.3 Å². The Labute approximate surface area is 81.9 Å². The number of carbonyl (C=O) groups excluding carboxylic acids is 1. The van der Waals surface area contributed by atoms with Crippen molar-refractivity contribution in [2.45, 2.75) is 47.0 Å². The molecule has 1 heteroatoms. The molecule has 1 fully saturated rings. The maximum atomic E-state index is 11.8. The fourth-order valence-corrected chi connectivity index (χ4v) is 2.79. The molecule has 1 aliphatic carbocycles. The highest BCUT2D eigenvalue weighted by Crippen LogP contribution is 2.36. The average Bonchev–Trinajstić information content (AvgIpc) is 2.02. The lowest BCUT2D eigenvalue weighted by molar-refractivity contribution is -0.130. The summed E-state index contributed by atoms with van der Waals surface area (Å²) in [7, 11) is 0. The molecule has 0 bridgehead atoms. The summed E-state index contributed by atoms with van der Waals surface area (Å²) in [6, 6.07) is 0. The summed E-state index contributed by atoms with van der Waals surface area (Å²) in [5.41, 5.74) is 0. The van der Waals surface area contributed by atoms with Crippen molar-refractivity contribution in [2.75, 3.05) is 0 Å². The first-order valence-electron chi connectivity index (χ1n) is 5.59. The molecule has 0 amide bonds. The fraction of sp³-hybridized carbons (Fsp3) is 0.917. The summed E-state index contributed by atoms with van der Waals surface area (Å²) in [6.45, 7) is 8.84. The van der Waals surface area contributed by atoms with Crippen LogP contribution >= 0.6 is 0 Å². The Morgan fingerprint density at radius 3 is 2.54 bits per heavy atom. The van der Waals surface area contributed by atoms with Crippen molar-refractivity contribution >= 4 is 5.78 Å². The van der Waals surface area contributed by atoms with Crippen LogP contribution in [-0.2, 0) is 4.79 Å². The summed E-state index contributed by atoms with van der Waals surface area (Å²) < 4.78 is 0. The first-order chi connectivity index (χ1) is 6.06. The van der Waals surface area contributed by atoms with E-state index < -0.39 is 0 Å². The second-order valence-corrected chi connectivity index (χ2v) is 4.90. The number of rotatable bonds is 2. The standard InChI is InChI=1S/C12H22O/c1-5-9(3)12-10(4)6-8(2)7-11(12)13/h8-10,12H,5-7H2,1-4H3/t8-,9?,10-,12?/m1/s1. The Bertz CT molecular complexity index is 186. The van der Waals surface area contributed by atoms with Crippen LogP contribution in [0.3, 0.4) is 0 Å². The van der Waals surface area contributed by atoms with Gasteiger partial charge in [-0.15, -0.1) is 0 Å². The lowest BCUT2D eigenvalue weighted by atomic mass is 9.69. The molecule has 2 unspecified atom stereocenters. The van der Waals surface area contributed by atoms with Crippen LogP contribution in [-0.4, -0.2) is 5.78 Å². The second-order valence-electron chi connectivity index (χ2n) is 4.90. The molecule has 1 rings (SSSR count). The van der Waals surface area contributed by atoms with Crippen molar-refractivity contribution in [1.82, 2.24) is 0 Å². The van der Waals surface area contributed by atoms with Crippen molar-refractivity contribution in [3.05, 3.63) is 0 Å². The maximum Gasteiger partial charge on any atom is 0.136 e. The normalized spacial score (nSPS) is 37.5. The minimum absolute atomic E-state index is 0.348. The van der Waals surface area contributed by atoms with Gasteiger partial charge in [0.2, 0.25) is 0 Å². The van der Waals surface area contributed by atoms with Gasteiger partial charge in [0.05, 0.1) is 0 Å². The zero-order chi connectivity index (χ0) is 10.0. The van der Waals surface area contributed by atoms with Crippen LogP contribution in [0.15, 0.2) is 0 Å². The predicted octanol–water partition coefficient (Wildman–Crippen LogP) is 3.28. The molecular formula is C12H22O. The fourth-order valence-electron chi connectivity index (χ4n) is 2.79. The van der Waals surface area contributed by atoms with E-state index in [-0.39, 0.29) is 0 Å². The SMILES string of the molecule is CCC(C)C1C(=O)C[C@H](C)C[C@H]1C. The molecule has 4 atom stereocenters. The first-order valence-corrected chi connectivity index (χ1v) is 5.59. The van der Waals surface area contributed by atoms with Crippen LogP contribution < -0.4 is 0 Å². The number of hydrogen-bond acceptors (Lipinski definition) is 1. The van der Waals surface area contributed by atoms with Gasteiger partial charge in [0.25, 0.3) is 0 Å². The molecule has 0 aromatic rings. The van der Waals surface area contributed by atoms with Gasteiger partial charge in [-0.3, -0.25) is 4.79 Å². The van der Waals surface area contributed by atoms with E-state index in [1.807, 2.05) is 0 Å². The van der Waals surface area contributed by atoms with Crippen LogP contribution in [0.5, 0.6) is 0 Å². The number of carbonyl (C=O) groups is 1. The molecule has 1 nitrogen and oxygen atoms in total. The van der Waals surface area contributed by atoms with Gasteiger partial charge >= 0.3 is 0 Å². The van der Waals surface area contributed by atoms with Crippen LogP contribution in [0.4, 0.5) is 0 Å². The van der Waals surface area contributed by atoms with E-state index in [1.165, 1.54) is 6.42 Å². The molecule has 0 aromatic carbocycles. The minimum Gasteiger partial charge on any atom is -0.299 e. The largest absolute Gasteiger partial charge is 0.299 e. The van der Waals surface area contributed by atoms with E-state index >= 15 is 0 Å². The molecule has 1 aliphatic rings. The summed E-state index contributed by atoms with van der Waals surface area (Å²) in [4.78, 5) is 11.8. The van der Waals surface area contributed by atoms with Crippen molar-refractivity contribution < 1.29 is 4.79 Å². The third kappa shape index (κ3) is 2.32. The Morgan fingerprint density at radius 1 is 1.46 bits per heavy atom. The Kier molecular flexibility index (Phi) is 3.52. The second kappa shape index (κ2) is 4.26. The summed E-state index contributed by atoms with van der Waals surface area (Å²) >= 11 is 0. The topological polar surface area (TPSA) is 17.1 Å². The van der Waals surface area contributed by atoms with Gasteiger partial charge in [0.1, 0.15) is 5.78 Å². The van der Waals surface area contributed by atoms with Crippen molar-refractivity contribution in [2.24, 2.45) is 23.7 Å². The number of hydrogen-bond donors (Lipinski definition) is 0. The van der Waals surface area contributed by atoms with Crippen molar-refractivity contribution in [3.63, 3.8) is 0 Å². The highest BCUT2D eigenvalue weighted by atomic mass is 16.1. The lowest BCUT2D eigenvalue weighted by Crippen LogP contribution is -2.34. The van der Waals surface area contributed by atoms with Gasteiger partial charge in [0.15, 0.2) is 0 Å². The zero-order valence-electron chi connectivity index (χ0n) is 9.34. The maximum absolute atomic E-state index is 11.8. The number of ketones is 1. The van der Waals surface area contributed by atoms with Gasteiger partial charge in [-0.25, -0.2) is 0 Å². The smallest absolute Gasteiger partial charge is 0.136 e. The molecule has 0 heterocycles. The lowest BCUT2D eigenvalue weighted by Gasteiger charge is -2.34. The van der Waals surface area contributed by atoms with Gasteiger partial charge in [-0.2, -0.15) is 0 Å². The predicted molar refractivity (Wildman–Crippen MR) is 55.5 cm³/mol. The first kappa shape index (κ1) is 10.7. The molecular weight excluding hydrogens is 160 g/mol. The van der Waals surface area contributed by atoms with E-state index in [2.05, 4.69) is 27.7 Å². The molecule has 13 heavy (non-hydrogen) atoms. The summed E-state index contributed by atoms with van der Waals surface area (Å²) in [6.07, 6.45) is 3.19. The van der Waals surface area contributed by atoms with E-state index in [0.29, 0.717) is 29.5 Å². The Morgan fingerprint density at radius 2 is 2.08 bits per heavy atom. The van der Waals surface area contributed by atoms with Gasteiger partial charge in [-0.05, 0) is 24.2 Å². The highest BCUT2D eigenvalue weighted by Gasteiger charge is 2.34. The Balaban J connectivity index is 2.67. The van der Waals surface area contributed by atoms with E-state index in [1.54, 1.807) is 0 Å². The molecule has 1 saturated carbocycles. The molecule has 0 radical (unpaired) electrons. The van der Waals surface area contributed by atoms with Crippen molar-refractivity contribution in [3.8, 4) is 0 Å². The van der Waals surface area contributed by atoms with Gasteiger partial charge in [-0.1, -0.05) is 34.1 Å². The highest BCUT2D eigenvalue weighted by molar-refractivity contribution is 5.82. The third-order valence-electron chi connectivity index (χ3n) is 3.57. The molecule has 0 saturated heterocycles. The molecule has 0 aliphatic heterocycles. The number of Topliss-reactive ketones (excluding diaryl/α,β-unsaturated/α-hetero) is 1. The monoisotopic (exact) mass is 182 g/mol. The summed E-state index contributed by atoms with van der Waals surface area (Å²) in [5, 5.41) is 0. The molecule has 0 aromatic heterocycles. The van der Waals surface area contributed by atoms with Crippen LogP contribution in [0.1, 0.15) is 47.0 Å². The van der Waals surface area contributed by atoms with E-state index in [0.717, 1.165) is 12.8 Å². The van der Waals surface area contributed by atoms with Crippen molar-refractivity contribution in [1.29, 1.82) is 0 Å². The minimum atomic E-state index is 0.348. The molecule has 0 N–H and O–H groups in total. The molecule has 0 spiro atoms. The van der Waals surface area contributed by atoms with Gasteiger partial charge < -0.3 is 0 Å². The zero-order valence-corrected chi connectivity index (χ0v) is 9.34. The van der Waals surface area contributed by atoms with Crippen LogP contribution in [0.25, 0.3) is 0 Å². The van der Waals surface area contributed by atoms with Crippen LogP contribution in [0, 0.1) is 23.7 Å². The van der Waals surface area contributed by atoms with Crippen LogP contribution in [0.2, 0.25) is 0 Å². The molecule has 76 valence electrons. The van der Waals surface area contributed by atoms with E-state index in [4.69, 9.17) is 0 Å². The average molecular weight is 182 g/mol. The summed E-state index contributed by atoms with van der Waals surface area (Å²) in [5.74, 6) is 2.66. The third-order valence-corrected chi connectivity index (χ3v) is 3.57. The van der Waals surface area contributed by atoms with E-state index in [9.17, 15) is 4.79 Å². The quantitative estimate of drug-likeness (QED) is 0.640. The Hall–Kier alpha value is -0.330.